The second-order valence-corrected chi connectivity index (χ2v) is 5.85. The van der Waals surface area contributed by atoms with E-state index in [0.29, 0.717) is 6.04 Å². The van der Waals surface area contributed by atoms with Crippen LogP contribution >= 0.6 is 0 Å². The van der Waals surface area contributed by atoms with Crippen molar-refractivity contribution in [1.82, 2.24) is 10.2 Å². The van der Waals surface area contributed by atoms with Crippen molar-refractivity contribution in [2.45, 2.75) is 77.2 Å². The van der Waals surface area contributed by atoms with E-state index in [1.54, 1.807) is 4.90 Å². The molecule has 0 heterocycles. The normalized spacial score (nSPS) is 25.3. The van der Waals surface area contributed by atoms with Crippen LogP contribution in [-0.4, -0.2) is 42.3 Å². The highest BCUT2D eigenvalue weighted by molar-refractivity contribution is 4.86. The topological polar surface area (TPSA) is 15.3 Å². The third kappa shape index (κ3) is 6.13. The number of halogens is 3. The second kappa shape index (κ2) is 7.48. The molecule has 0 aromatic heterocycles. The van der Waals surface area contributed by atoms with E-state index in [2.05, 4.69) is 12.2 Å². The Kier molecular flexibility index (Phi) is 6.60. The average Bonchev–Trinajstić information content (AvgIpc) is 2.32. The van der Waals surface area contributed by atoms with Crippen molar-refractivity contribution in [3.63, 3.8) is 0 Å². The van der Waals surface area contributed by atoms with Crippen LogP contribution in [0, 0.1) is 0 Å². The van der Waals surface area contributed by atoms with E-state index in [9.17, 15) is 13.2 Å². The van der Waals surface area contributed by atoms with Gasteiger partial charge < -0.3 is 5.32 Å². The van der Waals surface area contributed by atoms with Gasteiger partial charge in [-0.3, -0.25) is 4.90 Å². The molecule has 1 N–H and O–H groups in total. The molecule has 0 radical (unpaired) electrons. The zero-order chi connectivity index (χ0) is 14.5. The fourth-order valence-corrected chi connectivity index (χ4v) is 2.94. The summed E-state index contributed by atoms with van der Waals surface area (Å²) in [5, 5.41) is 3.45. The molecule has 1 aliphatic carbocycles. The monoisotopic (exact) mass is 280 g/mol. The number of rotatable bonds is 6. The molecule has 0 bridgehead atoms. The van der Waals surface area contributed by atoms with E-state index in [-0.39, 0.29) is 12.1 Å². The Balaban J connectivity index is 2.58. The van der Waals surface area contributed by atoms with Crippen LogP contribution in [0.15, 0.2) is 0 Å². The predicted molar refractivity (Wildman–Crippen MR) is 72.2 cm³/mol. The highest BCUT2D eigenvalue weighted by Crippen LogP contribution is 2.28. The molecule has 0 amide bonds. The van der Waals surface area contributed by atoms with Crippen LogP contribution in [0.25, 0.3) is 0 Å². The van der Waals surface area contributed by atoms with Crippen LogP contribution in [0.1, 0.15) is 52.9 Å². The molecule has 0 aromatic carbocycles. The van der Waals surface area contributed by atoms with E-state index in [0.717, 1.165) is 38.6 Å². The lowest BCUT2D eigenvalue weighted by Gasteiger charge is -2.40. The highest BCUT2D eigenvalue weighted by atomic mass is 19.4. The standard InChI is InChI=1S/C14H27F3N2/c1-4-8-18-12-6-5-7-13(9-12)19(11(2)3)10-14(15,16)17/h11-13,18H,4-10H2,1-3H3. The van der Waals surface area contributed by atoms with Gasteiger partial charge in [0.1, 0.15) is 0 Å². The maximum atomic E-state index is 12.7. The fourth-order valence-electron chi connectivity index (χ4n) is 2.94. The Morgan fingerprint density at radius 2 is 1.95 bits per heavy atom. The van der Waals surface area contributed by atoms with Crippen molar-refractivity contribution in [1.29, 1.82) is 0 Å². The molecule has 1 aliphatic rings. The quantitative estimate of drug-likeness (QED) is 0.800. The first-order chi connectivity index (χ1) is 8.83. The van der Waals surface area contributed by atoms with Gasteiger partial charge in [0.15, 0.2) is 0 Å². The number of hydrogen-bond donors (Lipinski definition) is 1. The van der Waals surface area contributed by atoms with Crippen LogP contribution in [0.2, 0.25) is 0 Å². The van der Waals surface area contributed by atoms with E-state index >= 15 is 0 Å². The summed E-state index contributed by atoms with van der Waals surface area (Å²) in [5.41, 5.74) is 0. The number of hydrogen-bond acceptors (Lipinski definition) is 2. The molecule has 19 heavy (non-hydrogen) atoms. The van der Waals surface area contributed by atoms with E-state index in [1.807, 2.05) is 13.8 Å². The van der Waals surface area contributed by atoms with Gasteiger partial charge in [0.05, 0.1) is 6.54 Å². The first kappa shape index (κ1) is 16.8. The first-order valence-electron chi connectivity index (χ1n) is 7.39. The molecule has 0 aliphatic heterocycles. The second-order valence-electron chi connectivity index (χ2n) is 5.85. The number of nitrogens with zero attached hydrogens (tertiary/aromatic N) is 1. The molecule has 0 aromatic rings. The highest BCUT2D eigenvalue weighted by Gasteiger charge is 2.36. The lowest BCUT2D eigenvalue weighted by Crippen LogP contribution is -2.50. The molecular formula is C14H27F3N2. The molecule has 2 unspecified atom stereocenters. The van der Waals surface area contributed by atoms with Gasteiger partial charge in [-0.25, -0.2) is 0 Å². The van der Waals surface area contributed by atoms with Crippen molar-refractivity contribution >= 4 is 0 Å². The van der Waals surface area contributed by atoms with Gasteiger partial charge in [-0.1, -0.05) is 13.3 Å². The van der Waals surface area contributed by atoms with Crippen molar-refractivity contribution in [2.75, 3.05) is 13.1 Å². The van der Waals surface area contributed by atoms with E-state index in [4.69, 9.17) is 0 Å². The molecule has 5 heteroatoms. The average molecular weight is 280 g/mol. The summed E-state index contributed by atoms with van der Waals surface area (Å²) in [5.74, 6) is 0. The van der Waals surface area contributed by atoms with Gasteiger partial charge in [-0.05, 0) is 46.1 Å². The summed E-state index contributed by atoms with van der Waals surface area (Å²) >= 11 is 0. The maximum absolute atomic E-state index is 12.7. The molecule has 0 saturated heterocycles. The lowest BCUT2D eigenvalue weighted by molar-refractivity contribution is -0.157. The Morgan fingerprint density at radius 3 is 2.47 bits per heavy atom. The molecular weight excluding hydrogens is 253 g/mol. The Morgan fingerprint density at radius 1 is 1.26 bits per heavy atom. The molecule has 1 saturated carbocycles. The van der Waals surface area contributed by atoms with Crippen LogP contribution in [-0.2, 0) is 0 Å². The SMILES string of the molecule is CCCNC1CCCC(N(CC(F)(F)F)C(C)C)C1. The van der Waals surface area contributed by atoms with Gasteiger partial charge in [0, 0.05) is 18.1 Å². The molecule has 0 spiro atoms. The van der Waals surface area contributed by atoms with E-state index < -0.39 is 12.7 Å². The molecule has 1 fully saturated rings. The van der Waals surface area contributed by atoms with Crippen molar-refractivity contribution in [3.8, 4) is 0 Å². The first-order valence-corrected chi connectivity index (χ1v) is 7.39. The van der Waals surface area contributed by atoms with Crippen LogP contribution in [0.5, 0.6) is 0 Å². The molecule has 1 rings (SSSR count). The smallest absolute Gasteiger partial charge is 0.314 e. The summed E-state index contributed by atoms with van der Waals surface area (Å²) in [7, 11) is 0. The maximum Gasteiger partial charge on any atom is 0.401 e. The van der Waals surface area contributed by atoms with Gasteiger partial charge in [-0.2, -0.15) is 13.2 Å². The molecule has 2 nitrogen and oxygen atoms in total. The Hall–Kier alpha value is -0.290. The number of alkyl halides is 3. The van der Waals surface area contributed by atoms with Crippen LogP contribution in [0.4, 0.5) is 13.2 Å². The van der Waals surface area contributed by atoms with Crippen molar-refractivity contribution in [2.24, 2.45) is 0 Å². The third-order valence-corrected chi connectivity index (χ3v) is 3.82. The zero-order valence-corrected chi connectivity index (χ0v) is 12.3. The molecule has 114 valence electrons. The van der Waals surface area contributed by atoms with Crippen molar-refractivity contribution < 1.29 is 13.2 Å². The lowest BCUT2D eigenvalue weighted by atomic mass is 9.89. The summed E-state index contributed by atoms with van der Waals surface area (Å²) in [6.07, 6.45) is 0.806. The summed E-state index contributed by atoms with van der Waals surface area (Å²) in [6, 6.07) is 0.384. The van der Waals surface area contributed by atoms with Gasteiger partial charge in [-0.15, -0.1) is 0 Å². The largest absolute Gasteiger partial charge is 0.401 e. The van der Waals surface area contributed by atoms with Gasteiger partial charge in [0.25, 0.3) is 0 Å². The minimum absolute atomic E-state index is 0.0587. The predicted octanol–water partition coefficient (Wildman–Crippen LogP) is 3.57. The van der Waals surface area contributed by atoms with Crippen LogP contribution in [0.3, 0.4) is 0 Å². The van der Waals surface area contributed by atoms with Gasteiger partial charge >= 0.3 is 6.18 Å². The van der Waals surface area contributed by atoms with Gasteiger partial charge in [0.2, 0.25) is 0 Å². The van der Waals surface area contributed by atoms with Crippen molar-refractivity contribution in [3.05, 3.63) is 0 Å². The summed E-state index contributed by atoms with van der Waals surface area (Å²) in [6.45, 7) is 6.00. The summed E-state index contributed by atoms with van der Waals surface area (Å²) in [4.78, 5) is 1.62. The van der Waals surface area contributed by atoms with E-state index in [1.165, 1.54) is 0 Å². The number of nitrogens with one attached hydrogen (secondary N) is 1. The Labute approximate surface area is 114 Å². The minimum atomic E-state index is -4.10. The Bertz CT molecular complexity index is 254. The summed E-state index contributed by atoms with van der Waals surface area (Å²) < 4.78 is 38.0. The third-order valence-electron chi connectivity index (χ3n) is 3.82. The molecule has 2 atom stereocenters. The zero-order valence-electron chi connectivity index (χ0n) is 12.3. The fraction of sp³-hybridized carbons (Fsp3) is 1.00. The minimum Gasteiger partial charge on any atom is -0.314 e. The van der Waals surface area contributed by atoms with Crippen LogP contribution < -0.4 is 5.32 Å².